The molecule has 0 amide bonds. The van der Waals surface area contributed by atoms with E-state index in [4.69, 9.17) is 9.47 Å². The maximum Gasteiger partial charge on any atom is 0.261 e. The molecule has 0 atom stereocenters. The van der Waals surface area contributed by atoms with E-state index in [-0.39, 0.29) is 18.8 Å². The molecular formula is C15H23F2NO2. The van der Waals surface area contributed by atoms with Crippen LogP contribution in [0.25, 0.3) is 0 Å². The van der Waals surface area contributed by atoms with Gasteiger partial charge in [0.05, 0.1) is 6.61 Å². The van der Waals surface area contributed by atoms with Crippen LogP contribution in [0.1, 0.15) is 26.3 Å². The molecule has 0 radical (unpaired) electrons. The summed E-state index contributed by atoms with van der Waals surface area (Å²) in [5.41, 5.74) is 1.17. The molecule has 0 fully saturated rings. The van der Waals surface area contributed by atoms with Crippen LogP contribution in [0.15, 0.2) is 24.3 Å². The van der Waals surface area contributed by atoms with E-state index >= 15 is 0 Å². The first-order valence-electron chi connectivity index (χ1n) is 6.69. The highest BCUT2D eigenvalue weighted by molar-refractivity contribution is 5.28. The zero-order valence-electron chi connectivity index (χ0n) is 12.3. The van der Waals surface area contributed by atoms with Crippen LogP contribution in [-0.4, -0.2) is 31.8 Å². The van der Waals surface area contributed by atoms with Gasteiger partial charge in [-0.05, 0) is 38.5 Å². The van der Waals surface area contributed by atoms with Gasteiger partial charge < -0.3 is 14.8 Å². The van der Waals surface area contributed by atoms with Crippen LogP contribution in [-0.2, 0) is 11.3 Å². The minimum atomic E-state index is -2.43. The molecule has 0 bridgehead atoms. The van der Waals surface area contributed by atoms with Crippen molar-refractivity contribution in [2.45, 2.75) is 39.3 Å². The van der Waals surface area contributed by atoms with Crippen LogP contribution >= 0.6 is 0 Å². The van der Waals surface area contributed by atoms with Crippen molar-refractivity contribution in [3.05, 3.63) is 29.8 Å². The van der Waals surface area contributed by atoms with E-state index in [1.54, 1.807) is 0 Å². The Morgan fingerprint density at radius 3 is 2.60 bits per heavy atom. The molecule has 0 aromatic heterocycles. The van der Waals surface area contributed by atoms with Gasteiger partial charge in [-0.3, -0.25) is 0 Å². The van der Waals surface area contributed by atoms with E-state index in [1.165, 1.54) is 0 Å². The zero-order valence-corrected chi connectivity index (χ0v) is 12.3. The maximum absolute atomic E-state index is 11.8. The second kappa shape index (κ2) is 8.17. The van der Waals surface area contributed by atoms with Crippen molar-refractivity contribution in [2.24, 2.45) is 0 Å². The van der Waals surface area contributed by atoms with Crippen LogP contribution < -0.4 is 10.1 Å². The third-order valence-corrected chi connectivity index (χ3v) is 2.46. The lowest BCUT2D eigenvalue weighted by Crippen LogP contribution is -2.35. The van der Waals surface area contributed by atoms with Crippen LogP contribution in [0.5, 0.6) is 5.75 Å². The number of hydrogen-bond donors (Lipinski definition) is 1. The van der Waals surface area contributed by atoms with Crippen LogP contribution in [0.3, 0.4) is 0 Å². The Bertz CT molecular complexity index is 392. The number of halogens is 2. The molecule has 0 aliphatic rings. The number of rotatable bonds is 8. The predicted molar refractivity (Wildman–Crippen MR) is 75.4 cm³/mol. The van der Waals surface area contributed by atoms with Gasteiger partial charge >= 0.3 is 0 Å². The van der Waals surface area contributed by atoms with Crippen LogP contribution in [0.4, 0.5) is 8.78 Å². The van der Waals surface area contributed by atoms with E-state index in [1.807, 2.05) is 24.3 Å². The van der Waals surface area contributed by atoms with Gasteiger partial charge in [0, 0.05) is 12.1 Å². The van der Waals surface area contributed by atoms with Gasteiger partial charge in [0.2, 0.25) is 0 Å². The molecule has 1 aromatic carbocycles. The Balaban J connectivity index is 2.32. The topological polar surface area (TPSA) is 30.5 Å². The lowest BCUT2D eigenvalue weighted by atomic mass is 10.1. The third kappa shape index (κ3) is 8.07. The smallest absolute Gasteiger partial charge is 0.261 e. The average molecular weight is 287 g/mol. The van der Waals surface area contributed by atoms with E-state index in [9.17, 15) is 8.78 Å². The number of alkyl halides is 2. The predicted octanol–water partition coefficient (Wildman–Crippen LogP) is 3.24. The standard InChI is InChI=1S/C15H23F2NO2/c1-15(2,3)18-10-12-5-4-6-13(9-12)20-8-7-19-11-14(16)17/h4-6,9,14,18H,7-8,10-11H2,1-3H3. The second-order valence-electron chi connectivity index (χ2n) is 5.57. The molecule has 0 aliphatic carbocycles. The van der Waals surface area contributed by atoms with Crippen LogP contribution in [0, 0.1) is 0 Å². The fourth-order valence-electron chi connectivity index (χ4n) is 1.50. The highest BCUT2D eigenvalue weighted by Crippen LogP contribution is 2.14. The molecule has 5 heteroatoms. The molecule has 0 spiro atoms. The van der Waals surface area contributed by atoms with Gasteiger partial charge in [0.25, 0.3) is 6.43 Å². The van der Waals surface area contributed by atoms with Crippen molar-refractivity contribution in [3.63, 3.8) is 0 Å². The Labute approximate surface area is 119 Å². The SMILES string of the molecule is CC(C)(C)NCc1cccc(OCCOCC(F)F)c1. The number of nitrogens with one attached hydrogen (secondary N) is 1. The minimum Gasteiger partial charge on any atom is -0.491 e. The zero-order chi connectivity index (χ0) is 15.0. The largest absolute Gasteiger partial charge is 0.491 e. The first-order chi connectivity index (χ1) is 9.37. The molecule has 1 N–H and O–H groups in total. The number of benzene rings is 1. The maximum atomic E-state index is 11.8. The summed E-state index contributed by atoms with van der Waals surface area (Å²) in [6.07, 6.45) is -2.43. The number of hydrogen-bond acceptors (Lipinski definition) is 3. The van der Waals surface area contributed by atoms with Gasteiger partial charge in [0.1, 0.15) is 19.0 Å². The van der Waals surface area contributed by atoms with Gasteiger partial charge in [-0.1, -0.05) is 12.1 Å². The van der Waals surface area contributed by atoms with Gasteiger partial charge in [-0.15, -0.1) is 0 Å². The molecule has 0 heterocycles. The molecule has 3 nitrogen and oxygen atoms in total. The van der Waals surface area contributed by atoms with E-state index < -0.39 is 13.0 Å². The Kier molecular flexibility index (Phi) is 6.88. The fraction of sp³-hybridized carbons (Fsp3) is 0.600. The lowest BCUT2D eigenvalue weighted by molar-refractivity contribution is 0.00762. The van der Waals surface area contributed by atoms with Crippen molar-refractivity contribution in [1.29, 1.82) is 0 Å². The summed E-state index contributed by atoms with van der Waals surface area (Å²) >= 11 is 0. The quantitative estimate of drug-likeness (QED) is 0.745. The highest BCUT2D eigenvalue weighted by Gasteiger charge is 2.08. The van der Waals surface area contributed by atoms with Crippen molar-refractivity contribution in [1.82, 2.24) is 5.32 Å². The second-order valence-corrected chi connectivity index (χ2v) is 5.57. The minimum absolute atomic E-state index is 0.0555. The highest BCUT2D eigenvalue weighted by atomic mass is 19.3. The first kappa shape index (κ1) is 16.9. The van der Waals surface area contributed by atoms with Crippen molar-refractivity contribution >= 4 is 0 Å². The molecular weight excluding hydrogens is 264 g/mol. The fourth-order valence-corrected chi connectivity index (χ4v) is 1.50. The molecule has 114 valence electrons. The molecule has 20 heavy (non-hydrogen) atoms. The summed E-state index contributed by atoms with van der Waals surface area (Å²) in [5.74, 6) is 0.721. The molecule has 0 aliphatic heterocycles. The lowest BCUT2D eigenvalue weighted by Gasteiger charge is -2.20. The summed E-state index contributed by atoms with van der Waals surface area (Å²) in [7, 11) is 0. The van der Waals surface area contributed by atoms with Gasteiger partial charge in [-0.2, -0.15) is 0 Å². The average Bonchev–Trinajstić information content (AvgIpc) is 2.35. The van der Waals surface area contributed by atoms with Gasteiger partial charge in [-0.25, -0.2) is 8.78 Å². The summed E-state index contributed by atoms with van der Waals surface area (Å²) in [4.78, 5) is 0. The Morgan fingerprint density at radius 1 is 1.20 bits per heavy atom. The number of ether oxygens (including phenoxy) is 2. The van der Waals surface area contributed by atoms with E-state index in [2.05, 4.69) is 26.1 Å². The van der Waals surface area contributed by atoms with Crippen molar-refractivity contribution < 1.29 is 18.3 Å². The third-order valence-electron chi connectivity index (χ3n) is 2.46. The van der Waals surface area contributed by atoms with E-state index in [0.717, 1.165) is 17.9 Å². The van der Waals surface area contributed by atoms with Gasteiger partial charge in [0.15, 0.2) is 0 Å². The van der Waals surface area contributed by atoms with E-state index in [0.29, 0.717) is 0 Å². The summed E-state index contributed by atoms with van der Waals surface area (Å²) in [6.45, 7) is 6.95. The molecule has 1 rings (SSSR count). The van der Waals surface area contributed by atoms with Crippen molar-refractivity contribution in [3.8, 4) is 5.75 Å². The van der Waals surface area contributed by atoms with Crippen molar-refractivity contribution in [2.75, 3.05) is 19.8 Å². The Hall–Kier alpha value is -1.20. The first-order valence-corrected chi connectivity index (χ1v) is 6.69. The molecule has 0 saturated carbocycles. The molecule has 0 saturated heterocycles. The summed E-state index contributed by atoms with van der Waals surface area (Å²) in [6, 6.07) is 7.70. The van der Waals surface area contributed by atoms with Crippen LogP contribution in [0.2, 0.25) is 0 Å². The summed E-state index contributed by atoms with van der Waals surface area (Å²) < 4.78 is 33.9. The summed E-state index contributed by atoms with van der Waals surface area (Å²) in [5, 5.41) is 3.39. The normalized spacial score (nSPS) is 11.9. The Morgan fingerprint density at radius 2 is 1.95 bits per heavy atom. The monoisotopic (exact) mass is 287 g/mol. The molecule has 0 unspecified atom stereocenters. The molecule has 1 aromatic rings.